The van der Waals surface area contributed by atoms with E-state index in [-0.39, 0.29) is 29.5 Å². The van der Waals surface area contributed by atoms with Crippen molar-refractivity contribution in [2.24, 2.45) is 12.0 Å². The van der Waals surface area contributed by atoms with Crippen LogP contribution in [0.1, 0.15) is 5.56 Å². The lowest BCUT2D eigenvalue weighted by Crippen LogP contribution is -2.53. The van der Waals surface area contributed by atoms with Gasteiger partial charge in [0.1, 0.15) is 0 Å². The first kappa shape index (κ1) is 22.1. The van der Waals surface area contributed by atoms with Crippen LogP contribution in [0.2, 0.25) is 0 Å². The maximum atomic E-state index is 12.3. The first-order valence-corrected chi connectivity index (χ1v) is 9.85. The summed E-state index contributed by atoms with van der Waals surface area (Å²) in [5.74, 6) is 1.40. The molecule has 4 rings (SSSR count). The van der Waals surface area contributed by atoms with Crippen molar-refractivity contribution < 1.29 is 0 Å². The van der Waals surface area contributed by atoms with Crippen LogP contribution < -0.4 is 15.8 Å². The second kappa shape index (κ2) is 9.92. The van der Waals surface area contributed by atoms with Crippen molar-refractivity contribution in [3.8, 4) is 0 Å². The van der Waals surface area contributed by atoms with E-state index < -0.39 is 0 Å². The van der Waals surface area contributed by atoms with Crippen molar-refractivity contribution in [1.82, 2.24) is 19.8 Å². The highest BCUT2D eigenvalue weighted by molar-refractivity contribution is 14.0. The zero-order valence-corrected chi connectivity index (χ0v) is 19.6. The fraction of sp³-hybridized carbons (Fsp3) is 0.318. The molecule has 0 spiro atoms. The molecule has 0 saturated carbocycles. The Kier molecular flexibility index (Phi) is 7.30. The van der Waals surface area contributed by atoms with Gasteiger partial charge in [-0.05, 0) is 22.4 Å². The van der Waals surface area contributed by atoms with Gasteiger partial charge in [0.25, 0.3) is 5.56 Å². The Labute approximate surface area is 193 Å². The number of benzene rings is 2. The van der Waals surface area contributed by atoms with E-state index in [1.54, 1.807) is 24.0 Å². The third kappa shape index (κ3) is 4.75. The summed E-state index contributed by atoms with van der Waals surface area (Å²) >= 11 is 0. The Hall–Kier alpha value is -2.62. The van der Waals surface area contributed by atoms with Gasteiger partial charge < -0.3 is 19.7 Å². The lowest BCUT2D eigenvalue weighted by molar-refractivity contribution is 0.370. The lowest BCUT2D eigenvalue weighted by atomic mass is 10.1. The maximum absolute atomic E-state index is 12.3. The molecule has 7 nitrogen and oxygen atoms in total. The molecule has 158 valence electrons. The number of aliphatic imine (C=N–C) groups is 1. The minimum Gasteiger partial charge on any atom is -0.352 e. The SMILES string of the molecule is CN=C(NCc1ccc2ccccc2c1)N1CCN(c2nccn(C)c2=O)CC1.I. The van der Waals surface area contributed by atoms with Crippen molar-refractivity contribution in [2.75, 3.05) is 38.1 Å². The minimum absolute atomic E-state index is 0. The molecule has 8 heteroatoms. The van der Waals surface area contributed by atoms with Gasteiger partial charge in [-0.2, -0.15) is 0 Å². The quantitative estimate of drug-likeness (QED) is 0.328. The van der Waals surface area contributed by atoms with E-state index in [0.29, 0.717) is 5.82 Å². The molecule has 1 N–H and O–H groups in total. The fourth-order valence-corrected chi connectivity index (χ4v) is 3.69. The van der Waals surface area contributed by atoms with Crippen LogP contribution in [-0.4, -0.2) is 53.6 Å². The zero-order chi connectivity index (χ0) is 20.2. The molecule has 2 heterocycles. The smallest absolute Gasteiger partial charge is 0.293 e. The summed E-state index contributed by atoms with van der Waals surface area (Å²) in [4.78, 5) is 25.3. The summed E-state index contributed by atoms with van der Waals surface area (Å²) in [6.07, 6.45) is 3.35. The maximum Gasteiger partial charge on any atom is 0.293 e. The van der Waals surface area contributed by atoms with Crippen molar-refractivity contribution in [3.05, 3.63) is 70.8 Å². The van der Waals surface area contributed by atoms with Gasteiger partial charge in [-0.3, -0.25) is 9.79 Å². The number of aromatic nitrogens is 2. The summed E-state index contributed by atoms with van der Waals surface area (Å²) in [5, 5.41) is 5.96. The van der Waals surface area contributed by atoms with Crippen LogP contribution in [0.4, 0.5) is 5.82 Å². The molecule has 1 fully saturated rings. The zero-order valence-electron chi connectivity index (χ0n) is 17.3. The van der Waals surface area contributed by atoms with E-state index in [0.717, 1.165) is 38.7 Å². The highest BCUT2D eigenvalue weighted by atomic mass is 127. The normalized spacial score (nSPS) is 14.5. The number of halogens is 1. The van der Waals surface area contributed by atoms with Gasteiger partial charge >= 0.3 is 0 Å². The molecule has 0 atom stereocenters. The number of nitrogens with one attached hydrogen (secondary N) is 1. The highest BCUT2D eigenvalue weighted by Crippen LogP contribution is 2.15. The summed E-state index contributed by atoms with van der Waals surface area (Å²) in [7, 11) is 3.56. The van der Waals surface area contributed by atoms with E-state index in [4.69, 9.17) is 0 Å². The molecule has 3 aromatic rings. The predicted molar refractivity (Wildman–Crippen MR) is 133 cm³/mol. The molecule has 2 aromatic carbocycles. The number of piperazine rings is 1. The van der Waals surface area contributed by atoms with E-state index in [1.165, 1.54) is 16.3 Å². The number of rotatable bonds is 3. The van der Waals surface area contributed by atoms with Gasteiger partial charge in [-0.1, -0.05) is 36.4 Å². The van der Waals surface area contributed by atoms with Gasteiger partial charge in [-0.15, -0.1) is 24.0 Å². The van der Waals surface area contributed by atoms with E-state index in [2.05, 4.69) is 67.6 Å². The number of hydrogen-bond donors (Lipinski definition) is 1. The molecule has 30 heavy (non-hydrogen) atoms. The predicted octanol–water partition coefficient (Wildman–Crippen LogP) is 2.45. The van der Waals surface area contributed by atoms with Gasteiger partial charge in [0, 0.05) is 59.2 Å². The number of anilines is 1. The molecule has 1 aliphatic rings. The average Bonchev–Trinajstić information content (AvgIpc) is 2.76. The summed E-state index contributed by atoms with van der Waals surface area (Å²) in [6.45, 7) is 3.78. The summed E-state index contributed by atoms with van der Waals surface area (Å²) < 4.78 is 1.57. The Morgan fingerprint density at radius 1 is 1.10 bits per heavy atom. The fourth-order valence-electron chi connectivity index (χ4n) is 3.69. The van der Waals surface area contributed by atoms with Crippen LogP contribution in [0.5, 0.6) is 0 Å². The molecule has 1 saturated heterocycles. The van der Waals surface area contributed by atoms with Crippen LogP contribution in [-0.2, 0) is 13.6 Å². The van der Waals surface area contributed by atoms with Crippen LogP contribution in [0, 0.1) is 0 Å². The first-order chi connectivity index (χ1) is 14.2. The van der Waals surface area contributed by atoms with Crippen molar-refractivity contribution >= 4 is 46.5 Å². The van der Waals surface area contributed by atoms with Crippen LogP contribution in [0.15, 0.2) is 64.6 Å². The topological polar surface area (TPSA) is 65.8 Å². The van der Waals surface area contributed by atoms with Gasteiger partial charge in [0.05, 0.1) is 0 Å². The third-order valence-electron chi connectivity index (χ3n) is 5.35. The molecule has 0 amide bonds. The summed E-state index contributed by atoms with van der Waals surface area (Å²) in [5.41, 5.74) is 1.17. The van der Waals surface area contributed by atoms with Crippen molar-refractivity contribution in [2.45, 2.75) is 6.54 Å². The molecule has 0 radical (unpaired) electrons. The molecule has 1 aromatic heterocycles. The van der Waals surface area contributed by atoms with Crippen LogP contribution in [0.3, 0.4) is 0 Å². The first-order valence-electron chi connectivity index (χ1n) is 9.85. The standard InChI is InChI=1S/C22H26N6O.HI/c1-23-22(25-16-17-7-8-18-5-3-4-6-19(18)15-17)28-13-11-27(12-14-28)20-21(29)26(2)10-9-24-20;/h3-10,15H,11-14,16H2,1-2H3,(H,23,25);1H. The molecule has 0 bridgehead atoms. The van der Waals surface area contributed by atoms with Crippen LogP contribution >= 0.6 is 24.0 Å². The molecule has 0 unspecified atom stereocenters. The lowest BCUT2D eigenvalue weighted by Gasteiger charge is -2.36. The number of fused-ring (bicyclic) bond motifs is 1. The monoisotopic (exact) mass is 518 g/mol. The Morgan fingerprint density at radius 3 is 2.57 bits per heavy atom. The number of nitrogens with zero attached hydrogens (tertiary/aromatic N) is 5. The Bertz CT molecular complexity index is 1090. The number of guanidine groups is 1. The second-order valence-corrected chi connectivity index (χ2v) is 7.22. The molecule has 0 aliphatic carbocycles. The highest BCUT2D eigenvalue weighted by Gasteiger charge is 2.22. The van der Waals surface area contributed by atoms with Gasteiger partial charge in [0.2, 0.25) is 0 Å². The number of aryl methyl sites for hydroxylation is 1. The van der Waals surface area contributed by atoms with Crippen LogP contribution in [0.25, 0.3) is 10.8 Å². The van der Waals surface area contributed by atoms with Gasteiger partial charge in [-0.25, -0.2) is 4.98 Å². The molecule has 1 aliphatic heterocycles. The Balaban J connectivity index is 0.00000256. The molecular formula is C22H27IN6O. The second-order valence-electron chi connectivity index (χ2n) is 7.22. The van der Waals surface area contributed by atoms with E-state index in [9.17, 15) is 4.79 Å². The van der Waals surface area contributed by atoms with E-state index in [1.807, 2.05) is 7.05 Å². The minimum atomic E-state index is -0.0558. The largest absolute Gasteiger partial charge is 0.352 e. The van der Waals surface area contributed by atoms with E-state index >= 15 is 0 Å². The molecular weight excluding hydrogens is 491 g/mol. The van der Waals surface area contributed by atoms with Gasteiger partial charge in [0.15, 0.2) is 11.8 Å². The summed E-state index contributed by atoms with van der Waals surface area (Å²) in [6, 6.07) is 14.9. The van der Waals surface area contributed by atoms with Crippen molar-refractivity contribution in [1.29, 1.82) is 0 Å². The Morgan fingerprint density at radius 2 is 1.83 bits per heavy atom. The van der Waals surface area contributed by atoms with Crippen molar-refractivity contribution in [3.63, 3.8) is 0 Å². The average molecular weight is 518 g/mol. The third-order valence-corrected chi connectivity index (χ3v) is 5.35. The number of hydrogen-bond acceptors (Lipinski definition) is 4.